The molecule has 0 saturated carbocycles. The van der Waals surface area contributed by atoms with E-state index in [1.165, 1.54) is 12.1 Å². The average molecular weight is 311 g/mol. The first kappa shape index (κ1) is 14.6. The molecule has 20 heavy (non-hydrogen) atoms. The molecule has 0 spiro atoms. The third kappa shape index (κ3) is 3.40. The van der Waals surface area contributed by atoms with Crippen molar-refractivity contribution in [2.45, 2.75) is 13.5 Å². The summed E-state index contributed by atoms with van der Waals surface area (Å²) in [5.74, 6) is 0. The molecular weight excluding hydrogens is 299 g/mol. The van der Waals surface area contributed by atoms with E-state index in [2.05, 4.69) is 5.32 Å². The van der Waals surface area contributed by atoms with Gasteiger partial charge in [0, 0.05) is 23.3 Å². The quantitative estimate of drug-likeness (QED) is 0.650. The van der Waals surface area contributed by atoms with Crippen LogP contribution in [-0.2, 0) is 6.54 Å². The lowest BCUT2D eigenvalue weighted by atomic mass is 10.1. The molecule has 6 heteroatoms. The number of nitrogens with zero attached hydrogens (tertiary/aromatic N) is 1. The number of nitro groups is 1. The summed E-state index contributed by atoms with van der Waals surface area (Å²) in [5, 5.41) is 14.8. The molecular formula is C14H12Cl2N2O2. The number of aryl methyl sites for hydroxylation is 1. The molecule has 2 rings (SSSR count). The second kappa shape index (κ2) is 6.11. The van der Waals surface area contributed by atoms with Crippen molar-refractivity contribution in [2.75, 3.05) is 5.32 Å². The Kier molecular flexibility index (Phi) is 4.47. The van der Waals surface area contributed by atoms with Gasteiger partial charge >= 0.3 is 0 Å². The molecule has 4 nitrogen and oxygen atoms in total. The van der Waals surface area contributed by atoms with E-state index in [0.717, 1.165) is 11.1 Å². The van der Waals surface area contributed by atoms with E-state index in [9.17, 15) is 10.1 Å². The van der Waals surface area contributed by atoms with E-state index in [-0.39, 0.29) is 10.7 Å². The zero-order valence-electron chi connectivity index (χ0n) is 10.7. The first-order chi connectivity index (χ1) is 9.47. The van der Waals surface area contributed by atoms with Crippen LogP contribution in [0, 0.1) is 17.0 Å². The van der Waals surface area contributed by atoms with Crippen LogP contribution in [0.2, 0.25) is 10.0 Å². The van der Waals surface area contributed by atoms with Gasteiger partial charge in [-0.1, -0.05) is 29.3 Å². The molecule has 0 saturated heterocycles. The highest BCUT2D eigenvalue weighted by molar-refractivity contribution is 6.32. The molecule has 0 amide bonds. The van der Waals surface area contributed by atoms with Crippen LogP contribution in [0.25, 0.3) is 0 Å². The number of halogens is 2. The molecule has 1 N–H and O–H groups in total. The molecule has 2 aromatic carbocycles. The zero-order chi connectivity index (χ0) is 14.7. The fourth-order valence-electron chi connectivity index (χ4n) is 1.82. The highest BCUT2D eigenvalue weighted by Gasteiger charge is 2.12. The van der Waals surface area contributed by atoms with Gasteiger partial charge in [0.15, 0.2) is 0 Å². The fraction of sp³-hybridized carbons (Fsp3) is 0.143. The van der Waals surface area contributed by atoms with Crippen LogP contribution in [0.5, 0.6) is 0 Å². The van der Waals surface area contributed by atoms with Crippen LogP contribution in [-0.4, -0.2) is 4.92 Å². The topological polar surface area (TPSA) is 55.2 Å². The van der Waals surface area contributed by atoms with Gasteiger partial charge in [-0.15, -0.1) is 0 Å². The maximum absolute atomic E-state index is 10.8. The average Bonchev–Trinajstić information content (AvgIpc) is 2.39. The number of hydrogen-bond donors (Lipinski definition) is 1. The van der Waals surface area contributed by atoms with Crippen molar-refractivity contribution in [1.29, 1.82) is 0 Å². The maximum atomic E-state index is 10.8. The molecule has 0 aliphatic carbocycles. The Bertz CT molecular complexity index is 660. The van der Waals surface area contributed by atoms with Crippen LogP contribution >= 0.6 is 23.2 Å². The minimum Gasteiger partial charge on any atom is -0.381 e. The van der Waals surface area contributed by atoms with Gasteiger partial charge in [-0.25, -0.2) is 0 Å². The van der Waals surface area contributed by atoms with Crippen molar-refractivity contribution in [1.82, 2.24) is 0 Å². The lowest BCUT2D eigenvalue weighted by Crippen LogP contribution is -2.02. The minimum absolute atomic E-state index is 0.107. The van der Waals surface area contributed by atoms with Crippen LogP contribution in [0.15, 0.2) is 36.4 Å². The van der Waals surface area contributed by atoms with Crippen LogP contribution in [0.1, 0.15) is 11.1 Å². The molecule has 0 radical (unpaired) electrons. The van der Waals surface area contributed by atoms with E-state index < -0.39 is 4.92 Å². The van der Waals surface area contributed by atoms with E-state index in [0.29, 0.717) is 17.3 Å². The van der Waals surface area contributed by atoms with Gasteiger partial charge in [0.2, 0.25) is 0 Å². The van der Waals surface area contributed by atoms with Crippen molar-refractivity contribution in [3.8, 4) is 0 Å². The van der Waals surface area contributed by atoms with Gasteiger partial charge in [0.25, 0.3) is 5.69 Å². The Morgan fingerprint density at radius 2 is 1.95 bits per heavy atom. The summed E-state index contributed by atoms with van der Waals surface area (Å²) in [5.41, 5.74) is 2.68. The molecule has 0 aromatic heterocycles. The molecule has 0 aliphatic rings. The van der Waals surface area contributed by atoms with Crippen molar-refractivity contribution in [2.24, 2.45) is 0 Å². The number of nitrogens with one attached hydrogen (secondary N) is 1. The predicted octanol–water partition coefficient (Wildman–Crippen LogP) is 4.82. The predicted molar refractivity (Wildman–Crippen MR) is 81.6 cm³/mol. The van der Waals surface area contributed by atoms with Crippen molar-refractivity contribution in [3.63, 3.8) is 0 Å². The second-order valence-electron chi connectivity index (χ2n) is 4.35. The Morgan fingerprint density at radius 1 is 1.20 bits per heavy atom. The summed E-state index contributed by atoms with van der Waals surface area (Å²) in [6, 6.07) is 10.3. The van der Waals surface area contributed by atoms with Gasteiger partial charge < -0.3 is 5.32 Å². The first-order valence-electron chi connectivity index (χ1n) is 5.90. The van der Waals surface area contributed by atoms with Gasteiger partial charge in [0.1, 0.15) is 5.02 Å². The van der Waals surface area contributed by atoms with Crippen LogP contribution < -0.4 is 5.32 Å². The number of benzene rings is 2. The van der Waals surface area contributed by atoms with E-state index in [1.807, 2.05) is 25.1 Å². The highest BCUT2D eigenvalue weighted by atomic mass is 35.5. The summed E-state index contributed by atoms with van der Waals surface area (Å²) in [6.07, 6.45) is 0. The first-order valence-corrected chi connectivity index (χ1v) is 6.66. The lowest BCUT2D eigenvalue weighted by molar-refractivity contribution is -0.384. The summed E-state index contributed by atoms with van der Waals surface area (Å²) in [6.45, 7) is 2.52. The SMILES string of the molecule is Cc1cc(Cl)ccc1CNc1ccc(Cl)c([N+](=O)[O-])c1. The number of hydrogen-bond acceptors (Lipinski definition) is 3. The smallest absolute Gasteiger partial charge is 0.289 e. The summed E-state index contributed by atoms with van der Waals surface area (Å²) in [7, 11) is 0. The fourth-order valence-corrected chi connectivity index (χ4v) is 2.23. The number of anilines is 1. The van der Waals surface area contributed by atoms with Crippen molar-refractivity contribution < 1.29 is 4.92 Å². The standard InChI is InChI=1S/C14H12Cl2N2O2/c1-9-6-11(15)3-2-10(9)8-17-12-4-5-13(16)14(7-12)18(19)20/h2-7,17H,8H2,1H3. The molecule has 0 fully saturated rings. The van der Waals surface area contributed by atoms with E-state index in [4.69, 9.17) is 23.2 Å². The normalized spacial score (nSPS) is 10.3. The molecule has 104 valence electrons. The van der Waals surface area contributed by atoms with E-state index >= 15 is 0 Å². The van der Waals surface area contributed by atoms with Gasteiger partial charge in [-0.05, 0) is 42.3 Å². The maximum Gasteiger partial charge on any atom is 0.289 e. The Balaban J connectivity index is 2.15. The molecule has 0 unspecified atom stereocenters. The molecule has 2 aromatic rings. The largest absolute Gasteiger partial charge is 0.381 e. The van der Waals surface area contributed by atoms with Gasteiger partial charge in [-0.3, -0.25) is 10.1 Å². The summed E-state index contributed by atoms with van der Waals surface area (Å²) in [4.78, 5) is 10.3. The second-order valence-corrected chi connectivity index (χ2v) is 5.19. The highest BCUT2D eigenvalue weighted by Crippen LogP contribution is 2.27. The van der Waals surface area contributed by atoms with Crippen LogP contribution in [0.3, 0.4) is 0 Å². The monoisotopic (exact) mass is 310 g/mol. The molecule has 0 heterocycles. The Labute approximate surface area is 126 Å². The van der Waals surface area contributed by atoms with Gasteiger partial charge in [-0.2, -0.15) is 0 Å². The zero-order valence-corrected chi connectivity index (χ0v) is 12.2. The molecule has 0 aliphatic heterocycles. The summed E-state index contributed by atoms with van der Waals surface area (Å²) < 4.78 is 0. The Hall–Kier alpha value is -1.78. The van der Waals surface area contributed by atoms with Crippen molar-refractivity contribution in [3.05, 3.63) is 67.7 Å². The van der Waals surface area contributed by atoms with Gasteiger partial charge in [0.05, 0.1) is 4.92 Å². The number of rotatable bonds is 4. The van der Waals surface area contributed by atoms with Crippen molar-refractivity contribution >= 4 is 34.6 Å². The lowest BCUT2D eigenvalue weighted by Gasteiger charge is -2.09. The van der Waals surface area contributed by atoms with Crippen LogP contribution in [0.4, 0.5) is 11.4 Å². The summed E-state index contributed by atoms with van der Waals surface area (Å²) >= 11 is 11.7. The number of nitro benzene ring substituents is 1. The third-order valence-corrected chi connectivity index (χ3v) is 3.49. The molecule has 0 bridgehead atoms. The Morgan fingerprint density at radius 3 is 2.60 bits per heavy atom. The minimum atomic E-state index is -0.499. The third-order valence-electron chi connectivity index (χ3n) is 2.93. The van der Waals surface area contributed by atoms with E-state index in [1.54, 1.807) is 6.07 Å². The molecule has 0 atom stereocenters.